The first-order valence-corrected chi connectivity index (χ1v) is 12.0. The van der Waals surface area contributed by atoms with Crippen LogP contribution in [0.25, 0.3) is 10.9 Å². The molecule has 0 radical (unpaired) electrons. The van der Waals surface area contributed by atoms with E-state index < -0.39 is 24.0 Å². The van der Waals surface area contributed by atoms with Gasteiger partial charge < -0.3 is 15.4 Å². The Labute approximate surface area is 192 Å². The monoisotopic (exact) mass is 459 g/mol. The lowest BCUT2D eigenvalue weighted by Crippen LogP contribution is -2.48. The van der Waals surface area contributed by atoms with Gasteiger partial charge in [-0.2, -0.15) is 0 Å². The third-order valence-corrected chi connectivity index (χ3v) is 7.83. The van der Waals surface area contributed by atoms with E-state index in [0.29, 0.717) is 28.4 Å². The number of ether oxygens (including phenoxy) is 1. The van der Waals surface area contributed by atoms with Crippen molar-refractivity contribution in [3.8, 4) is 0 Å². The van der Waals surface area contributed by atoms with Crippen molar-refractivity contribution in [1.29, 1.82) is 0 Å². The van der Waals surface area contributed by atoms with E-state index in [9.17, 15) is 18.4 Å². The summed E-state index contributed by atoms with van der Waals surface area (Å²) in [5, 5.41) is 7.00. The Morgan fingerprint density at radius 3 is 2.58 bits per heavy atom. The molecule has 0 bridgehead atoms. The van der Waals surface area contributed by atoms with Crippen molar-refractivity contribution in [2.75, 3.05) is 11.9 Å². The minimum atomic E-state index is -2.03. The molecule has 2 aliphatic heterocycles. The van der Waals surface area contributed by atoms with Crippen LogP contribution in [0.5, 0.6) is 0 Å². The standard InChI is InChI=1S/C25H31F2N3O3/c1-14(26)25(15(2)27)30-20-9-8-18(12-17(20)13-21(30)24(32)33-25)29-23(31)22-19(10-11-28-22)16-6-4-3-5-7-16/h8-9,12-16,19,22,28H,3-7,10-11H2,1-2H3,(H,29,31)/t14?,15?,19-,22-,25?/m0/s1. The van der Waals surface area contributed by atoms with E-state index >= 15 is 0 Å². The minimum Gasteiger partial charge on any atom is -0.427 e. The largest absolute Gasteiger partial charge is 0.427 e. The van der Waals surface area contributed by atoms with E-state index in [1.807, 2.05) is 0 Å². The minimum absolute atomic E-state index is 0.0577. The molecule has 0 spiro atoms. The summed E-state index contributed by atoms with van der Waals surface area (Å²) in [6.07, 6.45) is 3.67. The zero-order chi connectivity index (χ0) is 23.3. The lowest BCUT2D eigenvalue weighted by Gasteiger charge is -2.33. The van der Waals surface area contributed by atoms with E-state index in [0.717, 1.165) is 13.0 Å². The summed E-state index contributed by atoms with van der Waals surface area (Å²) in [7, 11) is 0. The number of hydrogen-bond acceptors (Lipinski definition) is 4. The van der Waals surface area contributed by atoms with Gasteiger partial charge in [0, 0.05) is 11.1 Å². The second-order valence-corrected chi connectivity index (χ2v) is 9.78. The van der Waals surface area contributed by atoms with Crippen LogP contribution in [0.15, 0.2) is 24.3 Å². The van der Waals surface area contributed by atoms with Crippen LogP contribution in [-0.4, -0.2) is 41.4 Å². The number of hydrogen-bond donors (Lipinski definition) is 2. The van der Waals surface area contributed by atoms with Crippen LogP contribution in [0.3, 0.4) is 0 Å². The molecule has 3 aliphatic rings. The van der Waals surface area contributed by atoms with Gasteiger partial charge in [0.2, 0.25) is 5.91 Å². The zero-order valence-corrected chi connectivity index (χ0v) is 19.1. The first-order chi connectivity index (χ1) is 15.8. The summed E-state index contributed by atoms with van der Waals surface area (Å²) >= 11 is 0. The van der Waals surface area contributed by atoms with Crippen molar-refractivity contribution in [2.24, 2.45) is 11.8 Å². The number of carbonyl (C=O) groups is 2. The Morgan fingerprint density at radius 2 is 1.88 bits per heavy atom. The summed E-state index contributed by atoms with van der Waals surface area (Å²) in [5.41, 5.74) is -0.840. The van der Waals surface area contributed by atoms with Gasteiger partial charge in [0.25, 0.3) is 5.72 Å². The van der Waals surface area contributed by atoms with Crippen molar-refractivity contribution >= 4 is 28.5 Å². The van der Waals surface area contributed by atoms with Gasteiger partial charge in [-0.25, -0.2) is 13.6 Å². The molecule has 2 fully saturated rings. The van der Waals surface area contributed by atoms with Crippen LogP contribution in [-0.2, 0) is 15.3 Å². The van der Waals surface area contributed by atoms with E-state index in [4.69, 9.17) is 4.74 Å². The number of cyclic esters (lactones) is 1. The van der Waals surface area contributed by atoms with Crippen LogP contribution in [0.1, 0.15) is 62.9 Å². The molecule has 1 aromatic heterocycles. The predicted octanol–water partition coefficient (Wildman–Crippen LogP) is 4.68. The molecule has 178 valence electrons. The maximum absolute atomic E-state index is 14.6. The average Bonchev–Trinajstić information content (AvgIpc) is 3.49. The highest BCUT2D eigenvalue weighted by Gasteiger charge is 2.55. The number of carbonyl (C=O) groups excluding carboxylic acids is 2. The molecule has 3 heterocycles. The van der Waals surface area contributed by atoms with Crippen LogP contribution in [0, 0.1) is 11.8 Å². The number of amides is 1. The topological polar surface area (TPSA) is 72.4 Å². The van der Waals surface area contributed by atoms with Crippen molar-refractivity contribution in [3.63, 3.8) is 0 Å². The van der Waals surface area contributed by atoms with Crippen molar-refractivity contribution in [1.82, 2.24) is 9.88 Å². The predicted molar refractivity (Wildman–Crippen MR) is 122 cm³/mol. The number of halogens is 2. The Hall–Kier alpha value is -2.48. The molecule has 2 N–H and O–H groups in total. The number of aromatic nitrogens is 1. The highest BCUT2D eigenvalue weighted by Crippen LogP contribution is 2.43. The Morgan fingerprint density at radius 1 is 1.15 bits per heavy atom. The van der Waals surface area contributed by atoms with Crippen LogP contribution >= 0.6 is 0 Å². The summed E-state index contributed by atoms with van der Waals surface area (Å²) in [5.74, 6) is 0.125. The van der Waals surface area contributed by atoms with Gasteiger partial charge in [0.05, 0.1) is 11.6 Å². The van der Waals surface area contributed by atoms with Gasteiger partial charge in [-0.15, -0.1) is 0 Å². The molecule has 1 amide bonds. The molecule has 8 heteroatoms. The molecule has 1 aliphatic carbocycles. The summed E-state index contributed by atoms with van der Waals surface area (Å²) in [6.45, 7) is 3.23. The molecule has 5 rings (SSSR count). The Bertz CT molecular complexity index is 1070. The molecule has 1 saturated carbocycles. The quantitative estimate of drug-likeness (QED) is 0.637. The van der Waals surface area contributed by atoms with Gasteiger partial charge in [0.15, 0.2) is 12.3 Å². The van der Waals surface area contributed by atoms with E-state index in [1.165, 1.54) is 50.5 Å². The van der Waals surface area contributed by atoms with E-state index in [1.54, 1.807) is 24.3 Å². The molecule has 1 saturated heterocycles. The van der Waals surface area contributed by atoms with Gasteiger partial charge in [0.1, 0.15) is 5.69 Å². The van der Waals surface area contributed by atoms with Crippen molar-refractivity contribution < 1.29 is 23.1 Å². The highest BCUT2D eigenvalue weighted by molar-refractivity contribution is 6.01. The number of anilines is 1. The third kappa shape index (κ3) is 3.54. The summed E-state index contributed by atoms with van der Waals surface area (Å²) in [4.78, 5) is 25.6. The van der Waals surface area contributed by atoms with Crippen molar-refractivity contribution in [3.05, 3.63) is 30.0 Å². The Balaban J connectivity index is 1.41. The molecular weight excluding hydrogens is 428 g/mol. The SMILES string of the molecule is CC(F)C1(C(C)F)OC(=O)c2cc3cc(NC(=O)[C@H]4NCC[C@H]4C4CCCCC4)ccc3n21. The molecular formula is C25H31F2N3O3. The normalized spacial score (nSPS) is 29.6. The fourth-order valence-electron chi connectivity index (χ4n) is 6.20. The van der Waals surface area contributed by atoms with Crippen LogP contribution < -0.4 is 10.6 Å². The molecule has 6 nitrogen and oxygen atoms in total. The maximum atomic E-state index is 14.6. The van der Waals surface area contributed by atoms with Gasteiger partial charge in [-0.05, 0) is 62.9 Å². The van der Waals surface area contributed by atoms with Crippen LogP contribution in [0.2, 0.25) is 0 Å². The fourth-order valence-corrected chi connectivity index (χ4v) is 6.20. The van der Waals surface area contributed by atoms with Gasteiger partial charge in [-0.1, -0.05) is 32.1 Å². The second kappa shape index (κ2) is 8.38. The summed E-state index contributed by atoms with van der Waals surface area (Å²) in [6, 6.07) is 6.48. The van der Waals surface area contributed by atoms with Gasteiger partial charge >= 0.3 is 5.97 Å². The number of esters is 1. The van der Waals surface area contributed by atoms with Gasteiger partial charge in [-0.3, -0.25) is 9.36 Å². The van der Waals surface area contributed by atoms with E-state index in [-0.39, 0.29) is 17.6 Å². The molecule has 4 atom stereocenters. The fraction of sp³-hybridized carbons (Fsp3) is 0.600. The smallest absolute Gasteiger partial charge is 0.357 e. The maximum Gasteiger partial charge on any atom is 0.357 e. The number of fused-ring (bicyclic) bond motifs is 3. The first-order valence-electron chi connectivity index (χ1n) is 12.0. The zero-order valence-electron chi connectivity index (χ0n) is 19.1. The number of nitrogens with zero attached hydrogens (tertiary/aromatic N) is 1. The molecule has 33 heavy (non-hydrogen) atoms. The third-order valence-electron chi connectivity index (χ3n) is 7.83. The lowest BCUT2D eigenvalue weighted by molar-refractivity contribution is -0.131. The number of alkyl halides is 2. The average molecular weight is 460 g/mol. The Kier molecular flexibility index (Phi) is 5.67. The summed E-state index contributed by atoms with van der Waals surface area (Å²) < 4.78 is 35.7. The number of nitrogens with one attached hydrogen (secondary N) is 2. The van der Waals surface area contributed by atoms with E-state index in [2.05, 4.69) is 10.6 Å². The highest BCUT2D eigenvalue weighted by atomic mass is 19.1. The first kappa shape index (κ1) is 22.3. The molecule has 2 unspecified atom stereocenters. The lowest BCUT2D eigenvalue weighted by atomic mass is 9.76. The van der Waals surface area contributed by atoms with Crippen molar-refractivity contribution in [2.45, 2.75) is 76.5 Å². The number of rotatable bonds is 5. The molecule has 1 aromatic carbocycles. The molecule has 2 aromatic rings. The second-order valence-electron chi connectivity index (χ2n) is 9.78. The van der Waals surface area contributed by atoms with Crippen LogP contribution in [0.4, 0.5) is 14.5 Å². The number of benzene rings is 1.